The van der Waals surface area contributed by atoms with E-state index < -0.39 is 24.3 Å². The van der Waals surface area contributed by atoms with E-state index in [-0.39, 0.29) is 6.04 Å². The predicted octanol–water partition coefficient (Wildman–Crippen LogP) is 4.73. The monoisotopic (exact) mass is 566 g/mol. The van der Waals surface area contributed by atoms with Crippen molar-refractivity contribution in [1.82, 2.24) is 15.1 Å². The lowest BCUT2D eigenvalue weighted by atomic mass is 9.49. The zero-order valence-electron chi connectivity index (χ0n) is 20.6. The molecule has 0 saturated heterocycles. The Hall–Kier alpha value is -3.23. The number of hydrogen-bond acceptors (Lipinski definition) is 7. The number of nitrogens with zero attached hydrogens (tertiary/aromatic N) is 3. The molecule has 15 heteroatoms. The van der Waals surface area contributed by atoms with Gasteiger partial charge in [0, 0.05) is 18.8 Å². The molecule has 4 saturated carbocycles. The van der Waals surface area contributed by atoms with E-state index in [9.17, 15) is 26.3 Å². The molecule has 4 N–H and O–H groups in total. The number of halogens is 6. The van der Waals surface area contributed by atoms with Crippen molar-refractivity contribution in [3.63, 3.8) is 0 Å². The summed E-state index contributed by atoms with van der Waals surface area (Å²) in [4.78, 5) is 26.5. The van der Waals surface area contributed by atoms with Crippen molar-refractivity contribution in [2.24, 2.45) is 28.9 Å². The fraction of sp³-hybridized carbons (Fsp3) is 0.625. The Morgan fingerprint density at radius 2 is 1.38 bits per heavy atom. The van der Waals surface area contributed by atoms with Crippen LogP contribution in [0.25, 0.3) is 0 Å². The highest BCUT2D eigenvalue weighted by Crippen LogP contribution is 2.60. The molecule has 4 aliphatic rings. The van der Waals surface area contributed by atoms with Crippen molar-refractivity contribution >= 4 is 11.9 Å². The summed E-state index contributed by atoms with van der Waals surface area (Å²) in [6.45, 7) is 0. The number of alkyl halides is 6. The number of rotatable bonds is 5. The van der Waals surface area contributed by atoms with Crippen LogP contribution in [0.4, 0.5) is 26.3 Å². The lowest BCUT2D eigenvalue weighted by Gasteiger charge is -2.56. The zero-order chi connectivity index (χ0) is 29.0. The summed E-state index contributed by atoms with van der Waals surface area (Å²) in [6.07, 6.45) is 3.57. The van der Waals surface area contributed by atoms with E-state index in [4.69, 9.17) is 30.1 Å². The predicted molar refractivity (Wildman–Crippen MR) is 121 cm³/mol. The van der Waals surface area contributed by atoms with Gasteiger partial charge >= 0.3 is 24.3 Å². The molecule has 9 nitrogen and oxygen atoms in total. The maximum atomic E-state index is 10.6. The van der Waals surface area contributed by atoms with Gasteiger partial charge in [0.2, 0.25) is 5.89 Å². The summed E-state index contributed by atoms with van der Waals surface area (Å²) >= 11 is 0. The molecular formula is C24H28F6N4O5. The molecule has 216 valence electrons. The second-order valence-electron chi connectivity index (χ2n) is 10.4. The lowest BCUT2D eigenvalue weighted by Crippen LogP contribution is -2.47. The van der Waals surface area contributed by atoms with Gasteiger partial charge in [-0.15, -0.1) is 0 Å². The Bertz CT molecular complexity index is 1060. The molecule has 4 fully saturated rings. The van der Waals surface area contributed by atoms with Crippen LogP contribution in [0.15, 0.2) is 29.0 Å². The van der Waals surface area contributed by atoms with Crippen LogP contribution in [0.3, 0.4) is 0 Å². The minimum Gasteiger partial charge on any atom is -0.475 e. The van der Waals surface area contributed by atoms with Crippen LogP contribution in [0.5, 0.6) is 0 Å². The normalized spacial score (nSPS) is 26.1. The van der Waals surface area contributed by atoms with Crippen LogP contribution in [-0.4, -0.2) is 49.6 Å². The first-order valence-corrected chi connectivity index (χ1v) is 12.1. The number of aliphatic carboxylic acids is 2. The summed E-state index contributed by atoms with van der Waals surface area (Å²) in [5, 5.41) is 18.5. The number of hydrogen-bond donors (Lipinski definition) is 3. The van der Waals surface area contributed by atoms with Crippen molar-refractivity contribution in [3.8, 4) is 0 Å². The van der Waals surface area contributed by atoms with Crippen LogP contribution >= 0.6 is 0 Å². The highest BCUT2D eigenvalue weighted by atomic mass is 19.4. The summed E-state index contributed by atoms with van der Waals surface area (Å²) in [7, 11) is 0. The van der Waals surface area contributed by atoms with Crippen molar-refractivity contribution in [1.29, 1.82) is 0 Å². The second-order valence-corrected chi connectivity index (χ2v) is 10.4. The van der Waals surface area contributed by atoms with E-state index in [0.717, 1.165) is 35.6 Å². The average molecular weight is 566 g/mol. The van der Waals surface area contributed by atoms with Crippen LogP contribution in [0, 0.1) is 23.2 Å². The minimum atomic E-state index is -5.08. The van der Waals surface area contributed by atoms with Crippen LogP contribution < -0.4 is 5.73 Å². The molecule has 39 heavy (non-hydrogen) atoms. The quantitative estimate of drug-likeness (QED) is 0.436. The van der Waals surface area contributed by atoms with Gasteiger partial charge in [0.25, 0.3) is 0 Å². The van der Waals surface area contributed by atoms with Crippen LogP contribution in [-0.2, 0) is 22.4 Å². The Balaban J connectivity index is 0.000000251. The van der Waals surface area contributed by atoms with E-state index >= 15 is 0 Å². The number of pyridine rings is 1. The Kier molecular flexibility index (Phi) is 9.23. The maximum absolute atomic E-state index is 10.6. The molecule has 0 radical (unpaired) electrons. The molecular weight excluding hydrogens is 538 g/mol. The molecule has 1 atom stereocenters. The lowest BCUT2D eigenvalue weighted by molar-refractivity contribution is -0.193. The Labute approximate surface area is 218 Å². The van der Waals surface area contributed by atoms with Gasteiger partial charge in [0.1, 0.15) is 0 Å². The third kappa shape index (κ3) is 8.63. The summed E-state index contributed by atoms with van der Waals surface area (Å²) in [5.74, 6) is -1.23. The topological polar surface area (TPSA) is 152 Å². The van der Waals surface area contributed by atoms with Crippen molar-refractivity contribution in [3.05, 3.63) is 41.8 Å². The number of carbonyl (C=O) groups is 2. The van der Waals surface area contributed by atoms with E-state index in [1.165, 1.54) is 38.5 Å². The summed E-state index contributed by atoms with van der Waals surface area (Å²) < 4.78 is 69.0. The molecule has 6 rings (SSSR count). The van der Waals surface area contributed by atoms with Gasteiger partial charge in [0.15, 0.2) is 5.82 Å². The third-order valence-electron chi connectivity index (χ3n) is 7.19. The van der Waals surface area contributed by atoms with Gasteiger partial charge < -0.3 is 20.5 Å². The molecule has 4 bridgehead atoms. The van der Waals surface area contributed by atoms with E-state index in [2.05, 4.69) is 15.1 Å². The average Bonchev–Trinajstić information content (AvgIpc) is 3.26. The molecule has 0 amide bonds. The molecule has 0 spiro atoms. The van der Waals surface area contributed by atoms with Crippen LogP contribution in [0.1, 0.15) is 61.8 Å². The maximum Gasteiger partial charge on any atom is 0.490 e. The number of carboxylic acids is 2. The molecule has 0 unspecified atom stereocenters. The van der Waals surface area contributed by atoms with Gasteiger partial charge in [0.05, 0.1) is 6.04 Å². The summed E-state index contributed by atoms with van der Waals surface area (Å²) in [5.41, 5.74) is 7.86. The largest absolute Gasteiger partial charge is 0.490 e. The summed E-state index contributed by atoms with van der Waals surface area (Å²) in [6, 6.07) is 3.71. The van der Waals surface area contributed by atoms with Gasteiger partial charge in [-0.2, -0.15) is 31.3 Å². The molecule has 2 heterocycles. The van der Waals surface area contributed by atoms with Crippen molar-refractivity contribution < 1.29 is 50.7 Å². The smallest absolute Gasteiger partial charge is 0.475 e. The highest BCUT2D eigenvalue weighted by molar-refractivity contribution is 5.73. The second kappa shape index (κ2) is 11.9. The highest BCUT2D eigenvalue weighted by Gasteiger charge is 2.51. The number of aromatic nitrogens is 3. The van der Waals surface area contributed by atoms with E-state index in [0.29, 0.717) is 17.7 Å². The third-order valence-corrected chi connectivity index (χ3v) is 7.19. The first-order chi connectivity index (χ1) is 18.1. The Morgan fingerprint density at radius 1 is 0.949 bits per heavy atom. The van der Waals surface area contributed by atoms with Gasteiger partial charge in [-0.3, -0.25) is 4.98 Å². The standard InChI is InChI=1S/C20H26N4O.2C2HF3O2/c21-17(8-13-1-3-22-4-2-13)19-23-18(24-25-19)12-20-9-14-5-15(10-20)7-16(6-14)11-20;2*3-2(4,5)1(6)7/h1-4,14-17H,5-12,21H2;2*(H,6,7)/t14?,15?,16?,17-,20?;;/m0../s1. The Morgan fingerprint density at radius 3 is 1.79 bits per heavy atom. The van der Waals surface area contributed by atoms with Crippen LogP contribution in [0.2, 0.25) is 0 Å². The SMILES string of the molecule is N[C@@H](Cc1ccncc1)c1nc(CC23CC4CC(CC(C4)C2)C3)no1.O=C(O)C(F)(F)F.O=C(O)C(F)(F)F. The number of carboxylic acid groups (broad SMARTS) is 2. The zero-order valence-corrected chi connectivity index (χ0v) is 20.6. The molecule has 2 aromatic rings. The minimum absolute atomic E-state index is 0.250. The van der Waals surface area contributed by atoms with Gasteiger partial charge in [-0.1, -0.05) is 5.16 Å². The van der Waals surface area contributed by atoms with Gasteiger partial charge in [-0.05, 0) is 85.8 Å². The van der Waals surface area contributed by atoms with E-state index in [1.54, 1.807) is 12.4 Å². The first kappa shape index (κ1) is 30.3. The van der Waals surface area contributed by atoms with Gasteiger partial charge in [-0.25, -0.2) is 9.59 Å². The first-order valence-electron chi connectivity index (χ1n) is 12.1. The van der Waals surface area contributed by atoms with Crippen molar-refractivity contribution in [2.45, 2.75) is 69.8 Å². The molecule has 4 aliphatic carbocycles. The molecule has 0 aliphatic heterocycles. The fourth-order valence-electron chi connectivity index (χ4n) is 6.19. The fourth-order valence-corrected chi connectivity index (χ4v) is 6.19. The molecule has 2 aromatic heterocycles. The van der Waals surface area contributed by atoms with Crippen molar-refractivity contribution in [2.75, 3.05) is 0 Å². The molecule has 0 aromatic carbocycles. The number of nitrogens with two attached hydrogens (primary N) is 1. The van der Waals surface area contributed by atoms with E-state index in [1.807, 2.05) is 12.1 Å².